The molecule has 20 heavy (non-hydrogen) atoms. The van der Waals surface area contributed by atoms with Gasteiger partial charge in [-0.25, -0.2) is 0 Å². The van der Waals surface area contributed by atoms with E-state index in [9.17, 15) is 0 Å². The van der Waals surface area contributed by atoms with Crippen molar-refractivity contribution in [3.8, 4) is 0 Å². The maximum atomic E-state index is 6.85. The van der Waals surface area contributed by atoms with E-state index >= 15 is 0 Å². The van der Waals surface area contributed by atoms with Gasteiger partial charge in [-0.15, -0.1) is 0 Å². The highest BCUT2D eigenvalue weighted by Crippen LogP contribution is 2.37. The molecule has 0 rings (SSSR count). The molecule has 0 aromatic heterocycles. The zero-order chi connectivity index (χ0) is 16.6. The van der Waals surface area contributed by atoms with Gasteiger partial charge in [-0.05, 0) is 59.9 Å². The molecule has 1 unspecified atom stereocenters. The largest absolute Gasteiger partial charge is 0.413 e. The van der Waals surface area contributed by atoms with Gasteiger partial charge in [-0.3, -0.25) is 0 Å². The molecule has 0 N–H and O–H groups in total. The second-order valence-corrected chi connectivity index (χ2v) is 23.6. The molecule has 0 saturated heterocycles. The molecule has 0 aliphatic rings. The van der Waals surface area contributed by atoms with E-state index in [2.05, 4.69) is 80.1 Å². The Labute approximate surface area is 130 Å². The van der Waals surface area contributed by atoms with E-state index in [1.165, 1.54) is 0 Å². The average Bonchev–Trinajstić information content (AvgIpc) is 2.10. The van der Waals surface area contributed by atoms with Crippen LogP contribution < -0.4 is 0 Å². The zero-order valence-electron chi connectivity index (χ0n) is 16.0. The first-order valence-corrected chi connectivity index (χ1v) is 17.7. The SMILES string of the molecule is CCC(C)(O[Si](C)(C)C(C)(C)O[Si](C)(C)C)[Si](C)(C)C. The summed E-state index contributed by atoms with van der Waals surface area (Å²) in [5.41, 5.74) is 0. The summed E-state index contributed by atoms with van der Waals surface area (Å²) in [6.07, 6.45) is 1.09. The minimum Gasteiger partial charge on any atom is -0.413 e. The molecule has 0 aliphatic carbocycles. The molecule has 0 radical (unpaired) electrons. The Morgan fingerprint density at radius 2 is 1.15 bits per heavy atom. The molecule has 0 fully saturated rings. The monoisotopic (exact) mass is 334 g/mol. The van der Waals surface area contributed by atoms with Crippen LogP contribution in [0.3, 0.4) is 0 Å². The molecule has 122 valence electrons. The van der Waals surface area contributed by atoms with Gasteiger partial charge in [0.1, 0.15) is 0 Å². The van der Waals surface area contributed by atoms with Crippen molar-refractivity contribution in [1.82, 2.24) is 0 Å². The Bertz CT molecular complexity index is 327. The van der Waals surface area contributed by atoms with Crippen LogP contribution in [0.15, 0.2) is 0 Å². The van der Waals surface area contributed by atoms with Gasteiger partial charge in [0.2, 0.25) is 8.32 Å². The first-order chi connectivity index (χ1) is 8.47. The summed E-state index contributed by atoms with van der Waals surface area (Å²) in [6, 6.07) is 0. The third-order valence-electron chi connectivity index (χ3n) is 4.75. The minimum absolute atomic E-state index is 0.0305. The summed E-state index contributed by atoms with van der Waals surface area (Å²) in [5.74, 6) is 0. The van der Waals surface area contributed by atoms with Gasteiger partial charge in [-0.2, -0.15) is 0 Å². The smallest absolute Gasteiger partial charge is 0.216 e. The lowest BCUT2D eigenvalue weighted by atomic mass is 10.3. The summed E-state index contributed by atoms with van der Waals surface area (Å²) < 4.78 is 13.3. The van der Waals surface area contributed by atoms with Crippen LogP contribution in [-0.4, -0.2) is 35.2 Å². The van der Waals surface area contributed by atoms with E-state index in [-0.39, 0.29) is 10.4 Å². The highest BCUT2D eigenvalue weighted by Gasteiger charge is 2.51. The van der Waals surface area contributed by atoms with Gasteiger partial charge in [0.15, 0.2) is 8.32 Å². The van der Waals surface area contributed by atoms with Gasteiger partial charge in [0.05, 0.1) is 13.3 Å². The van der Waals surface area contributed by atoms with Gasteiger partial charge in [-0.1, -0.05) is 26.6 Å². The van der Waals surface area contributed by atoms with Gasteiger partial charge in [0.25, 0.3) is 0 Å². The fraction of sp³-hybridized carbons (Fsp3) is 1.00. The van der Waals surface area contributed by atoms with Crippen molar-refractivity contribution >= 4 is 24.7 Å². The van der Waals surface area contributed by atoms with Gasteiger partial charge < -0.3 is 8.85 Å². The van der Waals surface area contributed by atoms with Crippen LogP contribution in [-0.2, 0) is 8.85 Å². The summed E-state index contributed by atoms with van der Waals surface area (Å²) in [5, 5.41) is -0.115. The Kier molecular flexibility index (Phi) is 6.16. The third-order valence-corrected chi connectivity index (χ3v) is 13.9. The summed E-state index contributed by atoms with van der Waals surface area (Å²) in [4.78, 5) is 0. The highest BCUT2D eigenvalue weighted by molar-refractivity contribution is 6.82. The van der Waals surface area contributed by atoms with Crippen LogP contribution in [0.25, 0.3) is 0 Å². The molecule has 5 heteroatoms. The van der Waals surface area contributed by atoms with Crippen LogP contribution >= 0.6 is 0 Å². The molecule has 0 aliphatic heterocycles. The Hall–Kier alpha value is 0.571. The molecule has 0 saturated carbocycles. The van der Waals surface area contributed by atoms with Crippen molar-refractivity contribution in [2.45, 2.75) is 96.9 Å². The maximum Gasteiger partial charge on any atom is 0.216 e. The predicted molar refractivity (Wildman–Crippen MR) is 99.1 cm³/mol. The van der Waals surface area contributed by atoms with Crippen molar-refractivity contribution in [2.24, 2.45) is 0 Å². The van der Waals surface area contributed by atoms with E-state index in [1.807, 2.05) is 0 Å². The van der Waals surface area contributed by atoms with Gasteiger partial charge in [0, 0.05) is 5.22 Å². The van der Waals surface area contributed by atoms with E-state index in [0.717, 1.165) is 6.42 Å². The van der Waals surface area contributed by atoms with Crippen molar-refractivity contribution in [1.29, 1.82) is 0 Å². The summed E-state index contributed by atoms with van der Waals surface area (Å²) in [6.45, 7) is 27.7. The molecular formula is C15H38O2Si3. The first-order valence-electron chi connectivity index (χ1n) is 7.88. The maximum absolute atomic E-state index is 6.85. The molecule has 0 spiro atoms. The predicted octanol–water partition coefficient (Wildman–Crippen LogP) is 5.42. The van der Waals surface area contributed by atoms with E-state index in [4.69, 9.17) is 8.85 Å². The summed E-state index contributed by atoms with van der Waals surface area (Å²) >= 11 is 0. The second-order valence-electron chi connectivity index (χ2n) is 9.17. The molecule has 0 aromatic rings. The summed E-state index contributed by atoms with van der Waals surface area (Å²) in [7, 11) is -4.92. The Balaban J connectivity index is 5.34. The molecule has 0 amide bonds. The highest BCUT2D eigenvalue weighted by atomic mass is 28.4. The van der Waals surface area contributed by atoms with Crippen LogP contribution in [0, 0.1) is 0 Å². The van der Waals surface area contributed by atoms with Crippen LogP contribution in [0.1, 0.15) is 34.1 Å². The quantitative estimate of drug-likeness (QED) is 0.578. The fourth-order valence-electron chi connectivity index (χ4n) is 2.33. The molecule has 0 bridgehead atoms. The molecule has 0 heterocycles. The average molecular weight is 335 g/mol. The molecule has 2 nitrogen and oxygen atoms in total. The van der Waals surface area contributed by atoms with Crippen LogP contribution in [0.5, 0.6) is 0 Å². The van der Waals surface area contributed by atoms with Crippen molar-refractivity contribution in [2.75, 3.05) is 0 Å². The van der Waals surface area contributed by atoms with Crippen molar-refractivity contribution < 1.29 is 8.85 Å². The van der Waals surface area contributed by atoms with Crippen molar-refractivity contribution in [3.05, 3.63) is 0 Å². The lowest BCUT2D eigenvalue weighted by Gasteiger charge is -2.51. The number of rotatable bonds is 7. The zero-order valence-corrected chi connectivity index (χ0v) is 19.0. The van der Waals surface area contributed by atoms with Gasteiger partial charge >= 0.3 is 0 Å². The number of hydrogen-bond donors (Lipinski definition) is 0. The van der Waals surface area contributed by atoms with E-state index in [0.29, 0.717) is 0 Å². The second kappa shape index (κ2) is 5.99. The molecular weight excluding hydrogens is 296 g/mol. The standard InChI is InChI=1S/C15H38O2Si3/c1-13-15(4,18(5,6)7)17-20(11,12)14(2,3)16-19(8,9)10/h13H2,1-12H3. The minimum atomic E-state index is -1.96. The van der Waals surface area contributed by atoms with E-state index < -0.39 is 24.7 Å². The Morgan fingerprint density at radius 1 is 0.750 bits per heavy atom. The fourth-order valence-corrected chi connectivity index (χ4v) is 10.3. The Morgan fingerprint density at radius 3 is 1.40 bits per heavy atom. The van der Waals surface area contributed by atoms with Crippen molar-refractivity contribution in [3.63, 3.8) is 0 Å². The number of hydrogen-bond acceptors (Lipinski definition) is 2. The van der Waals surface area contributed by atoms with E-state index in [1.54, 1.807) is 0 Å². The lowest BCUT2D eigenvalue weighted by molar-refractivity contribution is 0.0888. The third kappa shape index (κ3) is 5.09. The lowest BCUT2D eigenvalue weighted by Crippen LogP contribution is -2.65. The normalized spacial score (nSPS) is 18.0. The topological polar surface area (TPSA) is 18.5 Å². The van der Waals surface area contributed by atoms with Crippen LogP contribution in [0.2, 0.25) is 52.4 Å². The first kappa shape index (κ1) is 20.6. The molecule has 1 atom stereocenters. The molecule has 0 aromatic carbocycles. The van der Waals surface area contributed by atoms with Crippen LogP contribution in [0.4, 0.5) is 0 Å².